The third-order valence-electron chi connectivity index (χ3n) is 3.92. The quantitative estimate of drug-likeness (QED) is 0.530. The number of rotatable bonds is 8. The zero-order valence-corrected chi connectivity index (χ0v) is 12.6. The van der Waals surface area contributed by atoms with Crippen molar-refractivity contribution in [3.63, 3.8) is 0 Å². The highest BCUT2D eigenvalue weighted by Gasteiger charge is 2.39. The predicted molar refractivity (Wildman–Crippen MR) is 77.5 cm³/mol. The molecule has 1 saturated carbocycles. The van der Waals surface area contributed by atoms with Crippen molar-refractivity contribution in [3.8, 4) is 0 Å². The van der Waals surface area contributed by atoms with Crippen molar-refractivity contribution in [2.45, 2.75) is 52.0 Å². The molecule has 0 saturated heterocycles. The standard InChI is InChI=1S/C14H25N3O4/c1-9(2)6-10(17-13(15)21)12(20)16-8-14(4-3-5-14)7-11(18)19/h9-10H,3-8H2,1-2H3,(H,16,20)(H,18,19)(H3,15,17,21). The zero-order valence-electron chi connectivity index (χ0n) is 12.6. The minimum absolute atomic E-state index is 0.0609. The van der Waals surface area contributed by atoms with Gasteiger partial charge in [-0.2, -0.15) is 0 Å². The van der Waals surface area contributed by atoms with E-state index < -0.39 is 18.0 Å². The molecule has 1 fully saturated rings. The van der Waals surface area contributed by atoms with Gasteiger partial charge < -0.3 is 21.5 Å². The zero-order chi connectivity index (χ0) is 16.0. The van der Waals surface area contributed by atoms with E-state index in [1.165, 1.54) is 0 Å². The average Bonchev–Trinajstić information content (AvgIpc) is 2.29. The lowest BCUT2D eigenvalue weighted by atomic mass is 9.66. The first-order valence-corrected chi connectivity index (χ1v) is 7.29. The number of hydrogen-bond acceptors (Lipinski definition) is 3. The number of nitrogens with one attached hydrogen (secondary N) is 2. The van der Waals surface area contributed by atoms with E-state index in [1.54, 1.807) is 0 Å². The van der Waals surface area contributed by atoms with E-state index in [2.05, 4.69) is 10.6 Å². The monoisotopic (exact) mass is 299 g/mol. The number of urea groups is 1. The Hall–Kier alpha value is -1.79. The second kappa shape index (κ2) is 7.28. The van der Waals surface area contributed by atoms with Crippen molar-refractivity contribution < 1.29 is 19.5 Å². The molecule has 0 aromatic heterocycles. The second-order valence-corrected chi connectivity index (χ2v) is 6.33. The summed E-state index contributed by atoms with van der Waals surface area (Å²) < 4.78 is 0. The topological polar surface area (TPSA) is 122 Å². The molecule has 0 bridgehead atoms. The van der Waals surface area contributed by atoms with Crippen molar-refractivity contribution in [1.29, 1.82) is 0 Å². The normalized spacial score (nSPS) is 17.7. The molecular weight excluding hydrogens is 274 g/mol. The Morgan fingerprint density at radius 3 is 2.29 bits per heavy atom. The van der Waals surface area contributed by atoms with Crippen LogP contribution >= 0.6 is 0 Å². The number of carboxylic acid groups (broad SMARTS) is 1. The SMILES string of the molecule is CC(C)CC(NC(N)=O)C(=O)NCC1(CC(=O)O)CCC1. The van der Waals surface area contributed by atoms with Crippen LogP contribution in [0.4, 0.5) is 4.79 Å². The summed E-state index contributed by atoms with van der Waals surface area (Å²) in [6.07, 6.45) is 3.14. The summed E-state index contributed by atoms with van der Waals surface area (Å²) in [6.45, 7) is 4.22. The van der Waals surface area contributed by atoms with Gasteiger partial charge in [-0.3, -0.25) is 9.59 Å². The Labute approximate surface area is 124 Å². The maximum Gasteiger partial charge on any atom is 0.312 e. The molecule has 0 aliphatic heterocycles. The van der Waals surface area contributed by atoms with Crippen LogP contribution in [0.25, 0.3) is 0 Å². The minimum atomic E-state index is -0.849. The van der Waals surface area contributed by atoms with Crippen LogP contribution in [-0.2, 0) is 9.59 Å². The first-order valence-electron chi connectivity index (χ1n) is 7.29. The van der Waals surface area contributed by atoms with Gasteiger partial charge in [0.2, 0.25) is 5.91 Å². The molecule has 5 N–H and O–H groups in total. The summed E-state index contributed by atoms with van der Waals surface area (Å²) in [6, 6.07) is -1.41. The Morgan fingerprint density at radius 1 is 1.29 bits per heavy atom. The fourth-order valence-electron chi connectivity index (χ4n) is 2.69. The largest absolute Gasteiger partial charge is 0.481 e. The van der Waals surface area contributed by atoms with Gasteiger partial charge in [-0.05, 0) is 30.6 Å². The Kier molecular flexibility index (Phi) is 5.99. The smallest absolute Gasteiger partial charge is 0.312 e. The second-order valence-electron chi connectivity index (χ2n) is 6.33. The molecule has 120 valence electrons. The summed E-state index contributed by atoms with van der Waals surface area (Å²) in [5.74, 6) is -0.929. The summed E-state index contributed by atoms with van der Waals surface area (Å²) in [7, 11) is 0. The number of nitrogens with two attached hydrogens (primary N) is 1. The van der Waals surface area contributed by atoms with Crippen LogP contribution in [0.1, 0.15) is 46.0 Å². The number of carbonyl (C=O) groups excluding carboxylic acids is 2. The van der Waals surface area contributed by atoms with Crippen molar-refractivity contribution in [1.82, 2.24) is 10.6 Å². The molecule has 1 aliphatic carbocycles. The molecule has 1 rings (SSSR count). The van der Waals surface area contributed by atoms with E-state index in [9.17, 15) is 14.4 Å². The van der Waals surface area contributed by atoms with E-state index >= 15 is 0 Å². The van der Waals surface area contributed by atoms with Crippen LogP contribution in [0.15, 0.2) is 0 Å². The molecule has 7 nitrogen and oxygen atoms in total. The van der Waals surface area contributed by atoms with Gasteiger partial charge in [0.25, 0.3) is 0 Å². The summed E-state index contributed by atoms with van der Waals surface area (Å²) >= 11 is 0. The molecule has 1 atom stereocenters. The molecule has 0 spiro atoms. The molecule has 7 heteroatoms. The third kappa shape index (κ3) is 5.61. The molecule has 0 radical (unpaired) electrons. The maximum absolute atomic E-state index is 12.2. The van der Waals surface area contributed by atoms with E-state index in [-0.39, 0.29) is 23.7 Å². The Morgan fingerprint density at radius 2 is 1.90 bits per heavy atom. The Balaban J connectivity index is 2.55. The molecule has 21 heavy (non-hydrogen) atoms. The van der Waals surface area contributed by atoms with Crippen molar-refractivity contribution in [3.05, 3.63) is 0 Å². The third-order valence-corrected chi connectivity index (χ3v) is 3.92. The molecule has 0 aromatic carbocycles. The molecule has 0 aromatic rings. The molecule has 0 heterocycles. The van der Waals surface area contributed by atoms with Crippen LogP contribution in [0, 0.1) is 11.3 Å². The van der Waals surface area contributed by atoms with Gasteiger partial charge in [-0.1, -0.05) is 20.3 Å². The van der Waals surface area contributed by atoms with Crippen molar-refractivity contribution in [2.24, 2.45) is 17.1 Å². The number of carbonyl (C=O) groups is 3. The maximum atomic E-state index is 12.2. The highest BCUT2D eigenvalue weighted by molar-refractivity contribution is 5.86. The number of hydrogen-bond donors (Lipinski definition) is 4. The van der Waals surface area contributed by atoms with E-state index in [0.717, 1.165) is 19.3 Å². The number of amides is 3. The summed E-state index contributed by atoms with van der Waals surface area (Å²) in [5, 5.41) is 14.1. The first kappa shape index (κ1) is 17.3. The first-order chi connectivity index (χ1) is 9.74. The average molecular weight is 299 g/mol. The lowest BCUT2D eigenvalue weighted by Crippen LogP contribution is -2.52. The van der Waals surface area contributed by atoms with Gasteiger partial charge in [0, 0.05) is 6.54 Å². The van der Waals surface area contributed by atoms with E-state index in [4.69, 9.17) is 10.8 Å². The predicted octanol–water partition coefficient (Wildman–Crippen LogP) is 0.831. The fourth-order valence-corrected chi connectivity index (χ4v) is 2.69. The number of primary amides is 1. The molecular formula is C14H25N3O4. The summed E-state index contributed by atoms with van der Waals surface area (Å²) in [4.78, 5) is 34.0. The minimum Gasteiger partial charge on any atom is -0.481 e. The lowest BCUT2D eigenvalue weighted by Gasteiger charge is -2.41. The fraction of sp³-hybridized carbons (Fsp3) is 0.786. The van der Waals surface area contributed by atoms with Gasteiger partial charge in [0.1, 0.15) is 6.04 Å². The highest BCUT2D eigenvalue weighted by Crippen LogP contribution is 2.43. The number of aliphatic carboxylic acids is 1. The van der Waals surface area contributed by atoms with Crippen LogP contribution in [-0.4, -0.2) is 35.6 Å². The van der Waals surface area contributed by atoms with E-state index in [1.807, 2.05) is 13.8 Å². The lowest BCUT2D eigenvalue weighted by molar-refractivity contribution is -0.142. The van der Waals surface area contributed by atoms with Crippen molar-refractivity contribution >= 4 is 17.9 Å². The van der Waals surface area contributed by atoms with Crippen molar-refractivity contribution in [2.75, 3.05) is 6.54 Å². The van der Waals surface area contributed by atoms with Gasteiger partial charge >= 0.3 is 12.0 Å². The van der Waals surface area contributed by atoms with Crippen LogP contribution in [0.5, 0.6) is 0 Å². The highest BCUT2D eigenvalue weighted by atomic mass is 16.4. The Bertz CT molecular complexity index is 405. The molecule has 1 unspecified atom stereocenters. The van der Waals surface area contributed by atoms with Gasteiger partial charge in [0.15, 0.2) is 0 Å². The summed E-state index contributed by atoms with van der Waals surface area (Å²) in [5.41, 5.74) is 4.75. The van der Waals surface area contributed by atoms with Gasteiger partial charge in [-0.15, -0.1) is 0 Å². The molecule has 1 aliphatic rings. The number of carboxylic acids is 1. The van der Waals surface area contributed by atoms with Gasteiger partial charge in [-0.25, -0.2) is 4.79 Å². The van der Waals surface area contributed by atoms with Crippen LogP contribution in [0.3, 0.4) is 0 Å². The van der Waals surface area contributed by atoms with E-state index in [0.29, 0.717) is 13.0 Å². The van der Waals surface area contributed by atoms with Crippen LogP contribution < -0.4 is 16.4 Å². The van der Waals surface area contributed by atoms with Crippen LogP contribution in [0.2, 0.25) is 0 Å². The molecule has 3 amide bonds. The van der Waals surface area contributed by atoms with Gasteiger partial charge in [0.05, 0.1) is 6.42 Å².